The summed E-state index contributed by atoms with van der Waals surface area (Å²) in [6, 6.07) is 10.7. The van der Waals surface area contributed by atoms with Crippen LogP contribution in [0.1, 0.15) is 32.1 Å². The predicted octanol–water partition coefficient (Wildman–Crippen LogP) is 3.60. The van der Waals surface area contributed by atoms with E-state index in [1.165, 1.54) is 53.6 Å². The minimum absolute atomic E-state index is 0.521. The van der Waals surface area contributed by atoms with Gasteiger partial charge in [0, 0.05) is 0 Å². The molecule has 1 saturated carbocycles. The van der Waals surface area contributed by atoms with Crippen LogP contribution in [0, 0.1) is 16.6 Å². The number of benzene rings is 1. The zero-order chi connectivity index (χ0) is 12.6. The third-order valence-electron chi connectivity index (χ3n) is 3.54. The maximum absolute atomic E-state index is 8.98. The van der Waals surface area contributed by atoms with Gasteiger partial charge in [0.15, 0.2) is 0 Å². The molecule has 0 saturated heterocycles. The third-order valence-corrected chi connectivity index (χ3v) is 7.35. The quantitative estimate of drug-likeness (QED) is 0.610. The van der Waals surface area contributed by atoms with Crippen molar-refractivity contribution in [2.75, 3.05) is 0 Å². The van der Waals surface area contributed by atoms with Crippen molar-refractivity contribution in [3.63, 3.8) is 0 Å². The molecule has 0 heterocycles. The first-order chi connectivity index (χ1) is 8.90. The summed E-state index contributed by atoms with van der Waals surface area (Å²) in [4.78, 5) is 0. The predicted molar refractivity (Wildman–Crippen MR) is 80.2 cm³/mol. The van der Waals surface area contributed by atoms with Crippen LogP contribution >= 0.6 is 11.8 Å². The molecule has 0 radical (unpaired) electrons. The van der Waals surface area contributed by atoms with Gasteiger partial charge in [-0.25, -0.2) is 0 Å². The van der Waals surface area contributed by atoms with E-state index in [1.54, 1.807) is 0 Å². The SMILES string of the molecule is N#CSC(C[Se]c1ccccc1)C1CCCCC1. The molecular weight excluding hydrogens is 305 g/mol. The summed E-state index contributed by atoms with van der Waals surface area (Å²) in [5.74, 6) is 0.786. The van der Waals surface area contributed by atoms with E-state index >= 15 is 0 Å². The van der Waals surface area contributed by atoms with E-state index < -0.39 is 0 Å². The molecule has 0 spiro atoms. The van der Waals surface area contributed by atoms with Gasteiger partial charge in [-0.15, -0.1) is 0 Å². The number of hydrogen-bond donors (Lipinski definition) is 0. The van der Waals surface area contributed by atoms with Crippen molar-refractivity contribution in [3.05, 3.63) is 30.3 Å². The Labute approximate surface area is 121 Å². The van der Waals surface area contributed by atoms with E-state index in [4.69, 9.17) is 5.26 Å². The zero-order valence-electron chi connectivity index (χ0n) is 10.5. The molecule has 3 heteroatoms. The van der Waals surface area contributed by atoms with Crippen LogP contribution in [0.4, 0.5) is 0 Å². The van der Waals surface area contributed by atoms with Crippen LogP contribution in [0.2, 0.25) is 5.32 Å². The molecule has 0 aliphatic heterocycles. The Bertz CT molecular complexity index is 381. The first-order valence-corrected chi connectivity index (χ1v) is 9.57. The monoisotopic (exact) mass is 325 g/mol. The van der Waals surface area contributed by atoms with Crippen LogP contribution in [-0.2, 0) is 0 Å². The fourth-order valence-corrected chi connectivity index (χ4v) is 6.04. The fourth-order valence-electron chi connectivity index (χ4n) is 2.54. The molecule has 1 unspecified atom stereocenters. The topological polar surface area (TPSA) is 23.8 Å². The maximum atomic E-state index is 8.98. The number of hydrogen-bond acceptors (Lipinski definition) is 2. The molecule has 1 atom stereocenters. The Morgan fingerprint density at radius 1 is 1.22 bits per heavy atom. The Balaban J connectivity index is 1.88. The Morgan fingerprint density at radius 2 is 1.94 bits per heavy atom. The first kappa shape index (κ1) is 14.0. The van der Waals surface area contributed by atoms with Crippen molar-refractivity contribution in [2.45, 2.75) is 42.7 Å². The Kier molecular flexibility index (Phi) is 6.14. The first-order valence-electron chi connectivity index (χ1n) is 6.62. The van der Waals surface area contributed by atoms with Gasteiger partial charge in [-0.2, -0.15) is 0 Å². The van der Waals surface area contributed by atoms with E-state index in [9.17, 15) is 0 Å². The van der Waals surface area contributed by atoms with Crippen molar-refractivity contribution in [1.82, 2.24) is 0 Å². The second-order valence-electron chi connectivity index (χ2n) is 4.77. The van der Waals surface area contributed by atoms with Crippen molar-refractivity contribution in [3.8, 4) is 5.40 Å². The molecule has 1 aromatic carbocycles. The molecule has 1 fully saturated rings. The van der Waals surface area contributed by atoms with Crippen LogP contribution in [0.3, 0.4) is 0 Å². The molecule has 0 bridgehead atoms. The van der Waals surface area contributed by atoms with Crippen molar-refractivity contribution < 1.29 is 0 Å². The number of thiocyanates is 1. The van der Waals surface area contributed by atoms with E-state index in [2.05, 4.69) is 35.7 Å². The Morgan fingerprint density at radius 3 is 2.61 bits per heavy atom. The standard InChI is InChI=1S/C15H19NSSe/c16-12-17-15(13-7-3-1-4-8-13)11-18-14-9-5-2-6-10-14/h2,5-6,9-10,13,15H,1,3-4,7-8,11H2. The van der Waals surface area contributed by atoms with E-state index in [1.807, 2.05) is 0 Å². The number of thioether (sulfide) groups is 1. The van der Waals surface area contributed by atoms with Gasteiger partial charge in [0.25, 0.3) is 0 Å². The molecule has 0 N–H and O–H groups in total. The van der Waals surface area contributed by atoms with Gasteiger partial charge >= 0.3 is 121 Å². The van der Waals surface area contributed by atoms with Crippen LogP contribution < -0.4 is 4.46 Å². The summed E-state index contributed by atoms with van der Waals surface area (Å²) >= 11 is 2.04. The average molecular weight is 324 g/mol. The van der Waals surface area contributed by atoms with E-state index in [-0.39, 0.29) is 0 Å². The van der Waals surface area contributed by atoms with Gasteiger partial charge in [0.1, 0.15) is 0 Å². The van der Waals surface area contributed by atoms with Crippen molar-refractivity contribution in [1.29, 1.82) is 5.26 Å². The molecule has 96 valence electrons. The summed E-state index contributed by atoms with van der Waals surface area (Å²) < 4.78 is 1.46. The number of nitrogens with zero attached hydrogens (tertiary/aromatic N) is 1. The third kappa shape index (κ3) is 4.35. The molecule has 1 aliphatic rings. The van der Waals surface area contributed by atoms with Crippen LogP contribution in [-0.4, -0.2) is 20.2 Å². The van der Waals surface area contributed by atoms with Gasteiger partial charge in [0.2, 0.25) is 0 Å². The Hall–Kier alpha value is -0.421. The molecule has 1 aliphatic carbocycles. The van der Waals surface area contributed by atoms with Gasteiger partial charge in [-0.1, -0.05) is 0 Å². The molecule has 18 heavy (non-hydrogen) atoms. The van der Waals surface area contributed by atoms with Crippen LogP contribution in [0.5, 0.6) is 0 Å². The second-order valence-corrected chi connectivity index (χ2v) is 8.09. The fraction of sp³-hybridized carbons (Fsp3) is 0.533. The van der Waals surface area contributed by atoms with E-state index in [0.29, 0.717) is 20.2 Å². The van der Waals surface area contributed by atoms with Crippen LogP contribution in [0.15, 0.2) is 30.3 Å². The molecule has 0 aromatic heterocycles. The number of rotatable bonds is 5. The molecule has 1 aromatic rings. The second kappa shape index (κ2) is 7.89. The average Bonchev–Trinajstić information content (AvgIpc) is 2.45. The zero-order valence-corrected chi connectivity index (χ0v) is 13.1. The summed E-state index contributed by atoms with van der Waals surface area (Å²) in [7, 11) is 0. The molecule has 1 nitrogen and oxygen atoms in total. The van der Waals surface area contributed by atoms with Crippen LogP contribution in [0.25, 0.3) is 0 Å². The van der Waals surface area contributed by atoms with E-state index in [0.717, 1.165) is 5.92 Å². The minimum atomic E-state index is 0.521. The van der Waals surface area contributed by atoms with Crippen molar-refractivity contribution in [2.24, 2.45) is 5.92 Å². The van der Waals surface area contributed by atoms with Gasteiger partial charge in [-0.3, -0.25) is 0 Å². The number of nitriles is 1. The summed E-state index contributed by atoms with van der Waals surface area (Å²) in [5, 5.41) is 13.1. The van der Waals surface area contributed by atoms with Gasteiger partial charge in [-0.05, 0) is 0 Å². The summed E-state index contributed by atoms with van der Waals surface area (Å²) in [6.45, 7) is 0. The van der Waals surface area contributed by atoms with Gasteiger partial charge < -0.3 is 0 Å². The van der Waals surface area contributed by atoms with Crippen molar-refractivity contribution >= 4 is 31.2 Å². The molecule has 2 rings (SSSR count). The normalized spacial score (nSPS) is 18.2. The van der Waals surface area contributed by atoms with Gasteiger partial charge in [0.05, 0.1) is 0 Å². The summed E-state index contributed by atoms with van der Waals surface area (Å²) in [6.07, 6.45) is 6.80. The molecular formula is C15H19NSSe. The summed E-state index contributed by atoms with van der Waals surface area (Å²) in [5.41, 5.74) is 0. The molecule has 0 amide bonds.